The van der Waals surface area contributed by atoms with Gasteiger partial charge in [-0.3, -0.25) is 9.48 Å². The van der Waals surface area contributed by atoms with Crippen molar-refractivity contribution in [3.8, 4) is 0 Å². The quantitative estimate of drug-likeness (QED) is 0.863. The summed E-state index contributed by atoms with van der Waals surface area (Å²) >= 11 is 0. The molecule has 0 atom stereocenters. The second-order valence-electron chi connectivity index (χ2n) is 4.89. The third-order valence-corrected chi connectivity index (χ3v) is 3.72. The van der Waals surface area contributed by atoms with Gasteiger partial charge in [0.1, 0.15) is 5.82 Å². The third-order valence-electron chi connectivity index (χ3n) is 3.72. The molecular weight excluding hydrogens is 218 g/mol. The molecule has 0 spiro atoms. The van der Waals surface area contributed by atoms with Crippen LogP contribution in [0, 0.1) is 5.41 Å². The summed E-state index contributed by atoms with van der Waals surface area (Å²) in [4.78, 5) is 15.9. The number of hydrogen-bond donors (Lipinski definition) is 1. The molecule has 1 aliphatic carbocycles. The summed E-state index contributed by atoms with van der Waals surface area (Å²) in [6.07, 6.45) is 4.82. The van der Waals surface area contributed by atoms with E-state index in [0.29, 0.717) is 6.42 Å². The van der Waals surface area contributed by atoms with Gasteiger partial charge in [-0.2, -0.15) is 5.10 Å². The Kier molecular flexibility index (Phi) is 3.17. The summed E-state index contributed by atoms with van der Waals surface area (Å²) in [6.45, 7) is 2.00. The monoisotopic (exact) mass is 237 g/mol. The van der Waals surface area contributed by atoms with E-state index in [1.165, 1.54) is 0 Å². The standard InChI is InChI=1S/C12H19N3O2/c1-3-9-13-10(15(2)14-9)8-12(11(16)17)6-4-5-7-12/h3-8H2,1-2H3,(H,16,17). The summed E-state index contributed by atoms with van der Waals surface area (Å²) in [7, 11) is 1.84. The molecule has 0 saturated heterocycles. The Morgan fingerprint density at radius 1 is 1.47 bits per heavy atom. The van der Waals surface area contributed by atoms with Gasteiger partial charge in [0.25, 0.3) is 0 Å². The van der Waals surface area contributed by atoms with E-state index < -0.39 is 11.4 Å². The minimum absolute atomic E-state index is 0.506. The summed E-state index contributed by atoms with van der Waals surface area (Å²) in [6, 6.07) is 0. The molecular formula is C12H19N3O2. The molecule has 5 nitrogen and oxygen atoms in total. The smallest absolute Gasteiger partial charge is 0.310 e. The number of carboxylic acid groups (broad SMARTS) is 1. The third kappa shape index (κ3) is 2.18. The zero-order chi connectivity index (χ0) is 12.5. The fourth-order valence-electron chi connectivity index (χ4n) is 2.60. The Morgan fingerprint density at radius 2 is 2.12 bits per heavy atom. The molecule has 1 saturated carbocycles. The van der Waals surface area contributed by atoms with Gasteiger partial charge in [-0.05, 0) is 12.8 Å². The maximum Gasteiger partial charge on any atom is 0.310 e. The lowest BCUT2D eigenvalue weighted by atomic mass is 9.82. The zero-order valence-corrected chi connectivity index (χ0v) is 10.4. The van der Waals surface area contributed by atoms with E-state index >= 15 is 0 Å². The number of aliphatic carboxylic acids is 1. The van der Waals surface area contributed by atoms with Crippen molar-refractivity contribution in [1.82, 2.24) is 14.8 Å². The van der Waals surface area contributed by atoms with Gasteiger partial charge in [-0.25, -0.2) is 4.98 Å². The lowest BCUT2D eigenvalue weighted by molar-refractivity contribution is -0.148. The average Bonchev–Trinajstić information content (AvgIpc) is 2.88. The maximum absolute atomic E-state index is 11.5. The second-order valence-corrected chi connectivity index (χ2v) is 4.89. The molecule has 17 heavy (non-hydrogen) atoms. The van der Waals surface area contributed by atoms with E-state index in [9.17, 15) is 9.90 Å². The Morgan fingerprint density at radius 3 is 2.59 bits per heavy atom. The molecule has 1 aromatic rings. The van der Waals surface area contributed by atoms with Crippen LogP contribution < -0.4 is 0 Å². The minimum atomic E-state index is -0.684. The van der Waals surface area contributed by atoms with Crippen molar-refractivity contribution in [1.29, 1.82) is 0 Å². The lowest BCUT2D eigenvalue weighted by Crippen LogP contribution is -2.31. The molecule has 1 heterocycles. The number of hydrogen-bond acceptors (Lipinski definition) is 3. The minimum Gasteiger partial charge on any atom is -0.481 e. The van der Waals surface area contributed by atoms with Gasteiger partial charge < -0.3 is 5.11 Å². The number of carbonyl (C=O) groups is 1. The van der Waals surface area contributed by atoms with Crippen LogP contribution in [0.4, 0.5) is 0 Å². The van der Waals surface area contributed by atoms with E-state index in [-0.39, 0.29) is 0 Å². The highest BCUT2D eigenvalue weighted by atomic mass is 16.4. The van der Waals surface area contributed by atoms with E-state index in [2.05, 4.69) is 10.1 Å². The first-order valence-corrected chi connectivity index (χ1v) is 6.19. The molecule has 0 unspecified atom stereocenters. The zero-order valence-electron chi connectivity index (χ0n) is 10.4. The second kappa shape index (κ2) is 4.47. The topological polar surface area (TPSA) is 68.0 Å². The van der Waals surface area contributed by atoms with E-state index in [4.69, 9.17) is 0 Å². The van der Waals surface area contributed by atoms with Crippen LogP contribution in [0.2, 0.25) is 0 Å². The number of aryl methyl sites for hydroxylation is 2. The highest BCUT2D eigenvalue weighted by Gasteiger charge is 2.42. The molecule has 5 heteroatoms. The Bertz CT molecular complexity index is 419. The van der Waals surface area contributed by atoms with Gasteiger partial charge >= 0.3 is 5.97 Å². The summed E-state index contributed by atoms with van der Waals surface area (Å²) in [5, 5.41) is 13.7. The van der Waals surface area contributed by atoms with E-state index in [0.717, 1.165) is 43.8 Å². The largest absolute Gasteiger partial charge is 0.481 e. The van der Waals surface area contributed by atoms with E-state index in [1.54, 1.807) is 4.68 Å². The molecule has 1 N–H and O–H groups in total. The van der Waals surface area contributed by atoms with Gasteiger partial charge in [0, 0.05) is 19.9 Å². The number of rotatable bonds is 4. The van der Waals surface area contributed by atoms with Crippen LogP contribution >= 0.6 is 0 Å². The van der Waals surface area contributed by atoms with Crippen LogP contribution in [0.3, 0.4) is 0 Å². The van der Waals surface area contributed by atoms with Gasteiger partial charge in [-0.1, -0.05) is 19.8 Å². The first-order valence-electron chi connectivity index (χ1n) is 6.19. The van der Waals surface area contributed by atoms with Gasteiger partial charge in [-0.15, -0.1) is 0 Å². The Hall–Kier alpha value is -1.39. The number of carboxylic acids is 1. The van der Waals surface area contributed by atoms with Crippen LogP contribution in [0.25, 0.3) is 0 Å². The molecule has 0 radical (unpaired) electrons. The predicted octanol–water partition coefficient (Wildman–Crippen LogP) is 1.56. The molecule has 2 rings (SSSR count). The van der Waals surface area contributed by atoms with Gasteiger partial charge in [0.15, 0.2) is 5.82 Å². The molecule has 1 fully saturated rings. The van der Waals surface area contributed by atoms with Crippen molar-refractivity contribution in [3.63, 3.8) is 0 Å². The first-order chi connectivity index (χ1) is 8.07. The predicted molar refractivity (Wildman–Crippen MR) is 62.6 cm³/mol. The average molecular weight is 237 g/mol. The molecule has 0 aliphatic heterocycles. The van der Waals surface area contributed by atoms with Crippen LogP contribution in [0.15, 0.2) is 0 Å². The van der Waals surface area contributed by atoms with Crippen LogP contribution in [-0.2, 0) is 24.7 Å². The first kappa shape index (κ1) is 12.1. The highest BCUT2D eigenvalue weighted by molar-refractivity contribution is 5.75. The molecule has 94 valence electrons. The fraction of sp³-hybridized carbons (Fsp3) is 0.750. The van der Waals surface area contributed by atoms with Crippen LogP contribution in [0.1, 0.15) is 44.3 Å². The molecule has 0 aromatic carbocycles. The van der Waals surface area contributed by atoms with Crippen molar-refractivity contribution in [2.75, 3.05) is 0 Å². The molecule has 0 amide bonds. The lowest BCUT2D eigenvalue weighted by Gasteiger charge is -2.22. The number of nitrogens with zero attached hydrogens (tertiary/aromatic N) is 3. The fourth-order valence-corrected chi connectivity index (χ4v) is 2.60. The maximum atomic E-state index is 11.5. The van der Waals surface area contributed by atoms with Crippen molar-refractivity contribution in [2.45, 2.75) is 45.4 Å². The summed E-state index contributed by atoms with van der Waals surface area (Å²) in [5.41, 5.74) is -0.605. The summed E-state index contributed by atoms with van der Waals surface area (Å²) < 4.78 is 1.72. The Labute approximate surface area is 101 Å². The molecule has 1 aromatic heterocycles. The normalized spacial score (nSPS) is 18.5. The van der Waals surface area contributed by atoms with Gasteiger partial charge in [0.2, 0.25) is 0 Å². The number of aromatic nitrogens is 3. The molecule has 0 bridgehead atoms. The summed E-state index contributed by atoms with van der Waals surface area (Å²) in [5.74, 6) is 0.906. The van der Waals surface area contributed by atoms with Crippen molar-refractivity contribution in [2.24, 2.45) is 12.5 Å². The van der Waals surface area contributed by atoms with Crippen molar-refractivity contribution >= 4 is 5.97 Å². The highest BCUT2D eigenvalue weighted by Crippen LogP contribution is 2.40. The van der Waals surface area contributed by atoms with Gasteiger partial charge in [0.05, 0.1) is 5.41 Å². The van der Waals surface area contributed by atoms with Crippen molar-refractivity contribution in [3.05, 3.63) is 11.6 Å². The Balaban J connectivity index is 2.23. The molecule has 1 aliphatic rings. The SMILES string of the molecule is CCc1nc(CC2(C(=O)O)CCCC2)n(C)n1. The van der Waals surface area contributed by atoms with Crippen LogP contribution in [0.5, 0.6) is 0 Å². The van der Waals surface area contributed by atoms with Crippen LogP contribution in [-0.4, -0.2) is 25.8 Å². The van der Waals surface area contributed by atoms with Crippen molar-refractivity contribution < 1.29 is 9.90 Å². The van der Waals surface area contributed by atoms with E-state index in [1.807, 2.05) is 14.0 Å².